The number of methoxy groups -OCH3 is 1. The van der Waals surface area contributed by atoms with E-state index in [9.17, 15) is 0 Å². The molecule has 2 N–H and O–H groups in total. The summed E-state index contributed by atoms with van der Waals surface area (Å²) in [5, 5.41) is 0. The molecule has 1 aliphatic rings. The van der Waals surface area contributed by atoms with Gasteiger partial charge in [-0.25, -0.2) is 0 Å². The minimum Gasteiger partial charge on any atom is -0.496 e. The van der Waals surface area contributed by atoms with E-state index in [2.05, 4.69) is 26.9 Å². The number of nitrogens with zero attached hydrogens (tertiary/aromatic N) is 1. The minimum atomic E-state index is 0.343. The Hall–Kier alpha value is -0.580. The fraction of sp³-hybridized carbons (Fsp3) is 0.571. The second-order valence-electron chi connectivity index (χ2n) is 4.83. The van der Waals surface area contributed by atoms with E-state index in [-0.39, 0.29) is 0 Å². The van der Waals surface area contributed by atoms with E-state index < -0.39 is 0 Å². The summed E-state index contributed by atoms with van der Waals surface area (Å²) in [6.07, 6.45) is 2.62. The number of hydrogen-bond donors (Lipinski definition) is 1. The van der Waals surface area contributed by atoms with Gasteiger partial charge in [0, 0.05) is 29.0 Å². The third-order valence-corrected chi connectivity index (χ3v) is 4.09. The van der Waals surface area contributed by atoms with Crippen LogP contribution in [-0.2, 0) is 0 Å². The lowest BCUT2D eigenvalue weighted by molar-refractivity contribution is 0.311. The van der Waals surface area contributed by atoms with Crippen LogP contribution in [0.3, 0.4) is 0 Å². The molecular formula is C14H21BrN2O. The maximum absolute atomic E-state index is 5.96. The van der Waals surface area contributed by atoms with Crippen molar-refractivity contribution in [2.75, 3.05) is 33.3 Å². The minimum absolute atomic E-state index is 0.343. The van der Waals surface area contributed by atoms with Crippen LogP contribution in [0.25, 0.3) is 0 Å². The first kappa shape index (κ1) is 13.8. The Morgan fingerprint density at radius 2 is 2.11 bits per heavy atom. The van der Waals surface area contributed by atoms with Crippen LogP contribution < -0.4 is 10.5 Å². The Morgan fingerprint density at radius 3 is 2.72 bits per heavy atom. The van der Waals surface area contributed by atoms with Crippen molar-refractivity contribution in [2.24, 2.45) is 5.73 Å². The molecule has 3 nitrogen and oxygen atoms in total. The SMILES string of the molecule is COc1ccc(Br)cc1C(CN)CN1CCCC1. The van der Waals surface area contributed by atoms with Crippen LogP contribution in [-0.4, -0.2) is 38.2 Å². The summed E-state index contributed by atoms with van der Waals surface area (Å²) in [5.74, 6) is 1.28. The standard InChI is InChI=1S/C14H21BrN2O/c1-18-14-5-4-12(15)8-13(14)11(9-16)10-17-6-2-3-7-17/h4-5,8,11H,2-3,6-7,9-10,16H2,1H3. The molecule has 0 aromatic heterocycles. The largest absolute Gasteiger partial charge is 0.496 e. The van der Waals surface area contributed by atoms with Gasteiger partial charge in [0.05, 0.1) is 7.11 Å². The molecule has 1 aromatic rings. The monoisotopic (exact) mass is 312 g/mol. The van der Waals surface area contributed by atoms with Crippen molar-refractivity contribution in [3.8, 4) is 5.75 Å². The number of ether oxygens (including phenoxy) is 1. The van der Waals surface area contributed by atoms with E-state index in [4.69, 9.17) is 10.5 Å². The molecule has 100 valence electrons. The van der Waals surface area contributed by atoms with Gasteiger partial charge in [0.1, 0.15) is 5.75 Å². The van der Waals surface area contributed by atoms with Crippen LogP contribution in [0.15, 0.2) is 22.7 Å². The highest BCUT2D eigenvalue weighted by atomic mass is 79.9. The molecule has 0 aliphatic carbocycles. The second-order valence-corrected chi connectivity index (χ2v) is 5.74. The Labute approximate surface area is 117 Å². The molecule has 18 heavy (non-hydrogen) atoms. The van der Waals surface area contributed by atoms with Crippen molar-refractivity contribution in [3.63, 3.8) is 0 Å². The zero-order valence-electron chi connectivity index (χ0n) is 10.9. The highest BCUT2D eigenvalue weighted by Gasteiger charge is 2.20. The van der Waals surface area contributed by atoms with Crippen molar-refractivity contribution < 1.29 is 4.74 Å². The molecular weight excluding hydrogens is 292 g/mol. The van der Waals surface area contributed by atoms with Gasteiger partial charge in [-0.1, -0.05) is 15.9 Å². The maximum atomic E-state index is 5.96. The molecule has 1 unspecified atom stereocenters. The quantitative estimate of drug-likeness (QED) is 0.908. The molecule has 1 saturated heterocycles. The Kier molecular flexibility index (Phi) is 5.03. The van der Waals surface area contributed by atoms with Gasteiger partial charge < -0.3 is 15.4 Å². The van der Waals surface area contributed by atoms with E-state index >= 15 is 0 Å². The van der Waals surface area contributed by atoms with Crippen molar-refractivity contribution in [1.82, 2.24) is 4.90 Å². The highest BCUT2D eigenvalue weighted by molar-refractivity contribution is 9.10. The van der Waals surface area contributed by atoms with Crippen LogP contribution >= 0.6 is 15.9 Å². The molecule has 1 fully saturated rings. The van der Waals surface area contributed by atoms with Gasteiger partial charge in [-0.05, 0) is 44.1 Å². The molecule has 0 amide bonds. The maximum Gasteiger partial charge on any atom is 0.122 e. The van der Waals surface area contributed by atoms with Gasteiger partial charge in [0.15, 0.2) is 0 Å². The fourth-order valence-electron chi connectivity index (χ4n) is 2.60. The number of halogens is 1. The molecule has 2 rings (SSSR count). The molecule has 1 aliphatic heterocycles. The van der Waals surface area contributed by atoms with Crippen molar-refractivity contribution in [1.29, 1.82) is 0 Å². The number of benzene rings is 1. The summed E-state index contributed by atoms with van der Waals surface area (Å²) < 4.78 is 6.53. The van der Waals surface area contributed by atoms with E-state index in [1.165, 1.54) is 31.5 Å². The summed E-state index contributed by atoms with van der Waals surface area (Å²) >= 11 is 3.53. The van der Waals surface area contributed by atoms with E-state index in [0.717, 1.165) is 16.8 Å². The summed E-state index contributed by atoms with van der Waals surface area (Å²) in [4.78, 5) is 2.50. The van der Waals surface area contributed by atoms with Gasteiger partial charge in [-0.2, -0.15) is 0 Å². The molecule has 0 radical (unpaired) electrons. The zero-order valence-corrected chi connectivity index (χ0v) is 12.4. The average Bonchev–Trinajstić information content (AvgIpc) is 2.88. The number of hydrogen-bond acceptors (Lipinski definition) is 3. The first-order valence-electron chi connectivity index (χ1n) is 6.50. The van der Waals surface area contributed by atoms with Crippen LogP contribution in [0.2, 0.25) is 0 Å². The number of rotatable bonds is 5. The first-order valence-corrected chi connectivity index (χ1v) is 7.29. The summed E-state index contributed by atoms with van der Waals surface area (Å²) in [7, 11) is 1.72. The topological polar surface area (TPSA) is 38.5 Å². The molecule has 1 aromatic carbocycles. The van der Waals surface area contributed by atoms with Crippen LogP contribution in [0.1, 0.15) is 24.3 Å². The number of likely N-dealkylation sites (tertiary alicyclic amines) is 1. The van der Waals surface area contributed by atoms with Gasteiger partial charge in [-0.3, -0.25) is 0 Å². The van der Waals surface area contributed by atoms with E-state index in [1.54, 1.807) is 7.11 Å². The Morgan fingerprint density at radius 1 is 1.39 bits per heavy atom. The predicted octanol–water partition coefficient (Wildman–Crippen LogP) is 2.60. The van der Waals surface area contributed by atoms with E-state index in [0.29, 0.717) is 12.5 Å². The second kappa shape index (κ2) is 6.55. The molecule has 0 saturated carbocycles. The molecule has 1 atom stereocenters. The highest BCUT2D eigenvalue weighted by Crippen LogP contribution is 2.30. The Bertz CT molecular complexity index is 391. The lowest BCUT2D eigenvalue weighted by Crippen LogP contribution is -2.29. The first-order chi connectivity index (χ1) is 8.74. The van der Waals surface area contributed by atoms with E-state index in [1.807, 2.05) is 12.1 Å². The summed E-state index contributed by atoms with van der Waals surface area (Å²) in [5.41, 5.74) is 7.17. The lowest BCUT2D eigenvalue weighted by atomic mass is 9.97. The molecule has 1 heterocycles. The fourth-order valence-corrected chi connectivity index (χ4v) is 2.98. The molecule has 0 bridgehead atoms. The van der Waals surface area contributed by atoms with Gasteiger partial charge in [-0.15, -0.1) is 0 Å². The molecule has 0 spiro atoms. The molecule has 4 heteroatoms. The Balaban J connectivity index is 2.17. The van der Waals surface area contributed by atoms with Crippen molar-refractivity contribution in [2.45, 2.75) is 18.8 Å². The zero-order chi connectivity index (χ0) is 13.0. The average molecular weight is 313 g/mol. The third-order valence-electron chi connectivity index (χ3n) is 3.59. The third kappa shape index (κ3) is 3.25. The van der Waals surface area contributed by atoms with Gasteiger partial charge in [0.25, 0.3) is 0 Å². The summed E-state index contributed by atoms with van der Waals surface area (Å²) in [6, 6.07) is 6.14. The number of nitrogens with two attached hydrogens (primary N) is 1. The predicted molar refractivity (Wildman–Crippen MR) is 78.2 cm³/mol. The van der Waals surface area contributed by atoms with Gasteiger partial charge >= 0.3 is 0 Å². The van der Waals surface area contributed by atoms with Crippen LogP contribution in [0.4, 0.5) is 0 Å². The normalized spacial score (nSPS) is 17.9. The van der Waals surface area contributed by atoms with Crippen LogP contribution in [0, 0.1) is 0 Å². The van der Waals surface area contributed by atoms with Gasteiger partial charge in [0.2, 0.25) is 0 Å². The van der Waals surface area contributed by atoms with Crippen molar-refractivity contribution >= 4 is 15.9 Å². The van der Waals surface area contributed by atoms with Crippen molar-refractivity contribution in [3.05, 3.63) is 28.2 Å². The lowest BCUT2D eigenvalue weighted by Gasteiger charge is -2.24. The summed E-state index contributed by atoms with van der Waals surface area (Å²) in [6.45, 7) is 4.09. The smallest absolute Gasteiger partial charge is 0.122 e. The van der Waals surface area contributed by atoms with Crippen LogP contribution in [0.5, 0.6) is 5.75 Å².